The van der Waals surface area contributed by atoms with Gasteiger partial charge < -0.3 is 10.0 Å². The molecule has 5 heteroatoms. The molecule has 0 saturated heterocycles. The zero-order valence-electron chi connectivity index (χ0n) is 12.0. The largest absolute Gasteiger partial charge is 0.478 e. The minimum Gasteiger partial charge on any atom is -0.478 e. The van der Waals surface area contributed by atoms with E-state index in [1.165, 1.54) is 18.5 Å². The van der Waals surface area contributed by atoms with Crippen LogP contribution in [-0.4, -0.2) is 40.0 Å². The molecule has 0 spiro atoms. The van der Waals surface area contributed by atoms with Crippen molar-refractivity contribution in [2.45, 2.75) is 32.7 Å². The highest BCUT2D eigenvalue weighted by Gasteiger charge is 2.20. The van der Waals surface area contributed by atoms with Gasteiger partial charge >= 0.3 is 5.97 Å². The van der Waals surface area contributed by atoms with Gasteiger partial charge in [-0.2, -0.15) is 0 Å². The molecule has 0 saturated carbocycles. The van der Waals surface area contributed by atoms with Crippen LogP contribution in [0.3, 0.4) is 0 Å². The van der Waals surface area contributed by atoms with E-state index in [-0.39, 0.29) is 11.9 Å². The predicted octanol–water partition coefficient (Wildman–Crippen LogP) is 2.44. The monoisotopic (exact) mass is 276 g/mol. The topological polar surface area (TPSA) is 70.5 Å². The number of aliphatic carboxylic acids is 1. The molecule has 1 heterocycles. The van der Waals surface area contributed by atoms with Crippen LogP contribution < -0.4 is 0 Å². The summed E-state index contributed by atoms with van der Waals surface area (Å²) in [6.45, 7) is 4.07. The number of rotatable bonds is 6. The lowest BCUT2D eigenvalue weighted by Gasteiger charge is -2.26. The van der Waals surface area contributed by atoms with E-state index in [4.69, 9.17) is 5.11 Å². The van der Waals surface area contributed by atoms with Gasteiger partial charge in [-0.25, -0.2) is 4.79 Å². The predicted molar refractivity (Wildman–Crippen MR) is 77.4 cm³/mol. The van der Waals surface area contributed by atoms with Gasteiger partial charge in [-0.3, -0.25) is 9.78 Å². The van der Waals surface area contributed by atoms with Crippen LogP contribution >= 0.6 is 0 Å². The summed E-state index contributed by atoms with van der Waals surface area (Å²) in [5, 5.41) is 8.68. The van der Waals surface area contributed by atoms with Crippen LogP contribution in [-0.2, 0) is 4.79 Å². The van der Waals surface area contributed by atoms with Crippen molar-refractivity contribution in [3.8, 4) is 0 Å². The van der Waals surface area contributed by atoms with Gasteiger partial charge in [0.1, 0.15) is 0 Å². The quantitative estimate of drug-likeness (QED) is 0.810. The van der Waals surface area contributed by atoms with Crippen LogP contribution in [0, 0.1) is 0 Å². The maximum absolute atomic E-state index is 12.5. The van der Waals surface area contributed by atoms with Gasteiger partial charge in [0.05, 0.1) is 0 Å². The second-order valence-corrected chi connectivity index (χ2v) is 4.52. The van der Waals surface area contributed by atoms with E-state index < -0.39 is 5.97 Å². The molecule has 0 aromatic carbocycles. The Balaban J connectivity index is 3.07. The van der Waals surface area contributed by atoms with Crippen molar-refractivity contribution in [3.05, 3.63) is 35.7 Å². The summed E-state index contributed by atoms with van der Waals surface area (Å²) in [7, 11) is 1.77. The maximum atomic E-state index is 12.5. The number of amides is 1. The molecule has 108 valence electrons. The molecule has 20 heavy (non-hydrogen) atoms. The summed E-state index contributed by atoms with van der Waals surface area (Å²) < 4.78 is 0. The maximum Gasteiger partial charge on any atom is 0.328 e. The van der Waals surface area contributed by atoms with E-state index in [1.807, 2.05) is 13.8 Å². The van der Waals surface area contributed by atoms with Gasteiger partial charge in [-0.15, -0.1) is 0 Å². The van der Waals surface area contributed by atoms with Crippen LogP contribution in [0.2, 0.25) is 0 Å². The normalized spacial score (nSPS) is 11.0. The van der Waals surface area contributed by atoms with E-state index in [9.17, 15) is 9.59 Å². The lowest BCUT2D eigenvalue weighted by Crippen LogP contribution is -2.36. The SMILES string of the molecule is CCC(CC)N(C)C(=O)c1ccncc1C=CC(=O)O. The summed E-state index contributed by atoms with van der Waals surface area (Å²) in [6, 6.07) is 1.79. The molecule has 1 amide bonds. The van der Waals surface area contributed by atoms with Crippen molar-refractivity contribution in [3.63, 3.8) is 0 Å². The fourth-order valence-corrected chi connectivity index (χ4v) is 2.09. The van der Waals surface area contributed by atoms with Gasteiger partial charge in [0, 0.05) is 42.7 Å². The molecule has 0 atom stereocenters. The van der Waals surface area contributed by atoms with E-state index in [2.05, 4.69) is 4.98 Å². The van der Waals surface area contributed by atoms with E-state index in [0.29, 0.717) is 11.1 Å². The van der Waals surface area contributed by atoms with Crippen molar-refractivity contribution in [1.82, 2.24) is 9.88 Å². The van der Waals surface area contributed by atoms with Crippen molar-refractivity contribution < 1.29 is 14.7 Å². The molecule has 1 aromatic heterocycles. The highest BCUT2D eigenvalue weighted by atomic mass is 16.4. The third-order valence-electron chi connectivity index (χ3n) is 3.30. The minimum absolute atomic E-state index is 0.119. The average Bonchev–Trinajstić information content (AvgIpc) is 2.45. The molecule has 0 aliphatic rings. The van der Waals surface area contributed by atoms with Gasteiger partial charge in [0.2, 0.25) is 0 Å². The molecule has 5 nitrogen and oxygen atoms in total. The third kappa shape index (κ3) is 3.91. The molecule has 0 fully saturated rings. The Morgan fingerprint density at radius 2 is 2.05 bits per heavy atom. The van der Waals surface area contributed by atoms with Crippen molar-refractivity contribution in [1.29, 1.82) is 0 Å². The van der Waals surface area contributed by atoms with Crippen LogP contribution in [0.4, 0.5) is 0 Å². The first kappa shape index (κ1) is 15.9. The molecule has 0 bridgehead atoms. The molecule has 0 radical (unpaired) electrons. The number of carbonyl (C=O) groups excluding carboxylic acids is 1. The molecule has 0 unspecified atom stereocenters. The van der Waals surface area contributed by atoms with E-state index >= 15 is 0 Å². The first-order valence-electron chi connectivity index (χ1n) is 6.63. The molecular weight excluding hydrogens is 256 g/mol. The summed E-state index contributed by atoms with van der Waals surface area (Å²) in [4.78, 5) is 28.7. The molecule has 1 N–H and O–H groups in total. The Labute approximate surface area is 118 Å². The Morgan fingerprint density at radius 3 is 2.60 bits per heavy atom. The fourth-order valence-electron chi connectivity index (χ4n) is 2.09. The number of carboxylic acid groups (broad SMARTS) is 1. The lowest BCUT2D eigenvalue weighted by molar-refractivity contribution is -0.131. The Kier molecular flexibility index (Phi) is 5.90. The first-order chi connectivity index (χ1) is 9.51. The van der Waals surface area contributed by atoms with Gasteiger partial charge in [-0.1, -0.05) is 13.8 Å². The van der Waals surface area contributed by atoms with Crippen LogP contribution in [0.25, 0.3) is 6.08 Å². The number of aromatic nitrogens is 1. The molecule has 0 aliphatic heterocycles. The van der Waals surface area contributed by atoms with Gasteiger partial charge in [0.15, 0.2) is 0 Å². The first-order valence-corrected chi connectivity index (χ1v) is 6.63. The van der Waals surface area contributed by atoms with Crippen molar-refractivity contribution >= 4 is 18.0 Å². The molecular formula is C15H20N2O3. The second-order valence-electron chi connectivity index (χ2n) is 4.52. The Morgan fingerprint density at radius 1 is 1.40 bits per heavy atom. The van der Waals surface area contributed by atoms with Crippen molar-refractivity contribution in [2.24, 2.45) is 0 Å². The molecule has 0 aliphatic carbocycles. The average molecular weight is 276 g/mol. The zero-order valence-corrected chi connectivity index (χ0v) is 12.0. The fraction of sp³-hybridized carbons (Fsp3) is 0.400. The number of pyridine rings is 1. The van der Waals surface area contributed by atoms with Gasteiger partial charge in [0.25, 0.3) is 5.91 Å². The highest BCUT2D eigenvalue weighted by molar-refractivity contribution is 5.98. The summed E-state index contributed by atoms with van der Waals surface area (Å²) in [5.74, 6) is -1.17. The van der Waals surface area contributed by atoms with E-state index in [0.717, 1.165) is 18.9 Å². The Hall–Kier alpha value is -2.17. The number of carbonyl (C=O) groups is 2. The summed E-state index contributed by atoms with van der Waals surface area (Å²) in [6.07, 6.45) is 7.18. The standard InChI is InChI=1S/C15H20N2O3/c1-4-12(5-2)17(3)15(20)13-8-9-16-10-11(13)6-7-14(18)19/h6-10,12H,4-5H2,1-3H3,(H,18,19). The number of hydrogen-bond acceptors (Lipinski definition) is 3. The summed E-state index contributed by atoms with van der Waals surface area (Å²) >= 11 is 0. The highest BCUT2D eigenvalue weighted by Crippen LogP contribution is 2.15. The zero-order chi connectivity index (χ0) is 15.1. The molecule has 1 rings (SSSR count). The smallest absolute Gasteiger partial charge is 0.328 e. The second kappa shape index (κ2) is 7.43. The van der Waals surface area contributed by atoms with E-state index in [1.54, 1.807) is 18.0 Å². The third-order valence-corrected chi connectivity index (χ3v) is 3.30. The summed E-state index contributed by atoms with van der Waals surface area (Å²) in [5.41, 5.74) is 0.976. The van der Waals surface area contributed by atoms with Crippen molar-refractivity contribution in [2.75, 3.05) is 7.05 Å². The molecule has 1 aromatic rings. The number of hydrogen-bond donors (Lipinski definition) is 1. The van der Waals surface area contributed by atoms with Crippen LogP contribution in [0.1, 0.15) is 42.6 Å². The minimum atomic E-state index is -1.06. The number of carboxylic acids is 1. The Bertz CT molecular complexity index is 508. The van der Waals surface area contributed by atoms with Crippen LogP contribution in [0.5, 0.6) is 0 Å². The lowest BCUT2D eigenvalue weighted by atomic mass is 10.1. The van der Waals surface area contributed by atoms with Crippen LogP contribution in [0.15, 0.2) is 24.5 Å². The van der Waals surface area contributed by atoms with Gasteiger partial charge in [-0.05, 0) is 25.0 Å². The number of nitrogens with zero attached hydrogens (tertiary/aromatic N) is 2.